The number of hydrogen-bond donors (Lipinski definition) is 2. The molecule has 1 aliphatic rings. The topological polar surface area (TPSA) is 138 Å². The molecule has 0 unspecified atom stereocenters. The molecule has 0 radical (unpaired) electrons. The minimum atomic E-state index is -4.41. The average Bonchev–Trinajstić information content (AvgIpc) is 2.93. The number of rotatable bonds is 10. The lowest BCUT2D eigenvalue weighted by Gasteiger charge is -2.29. The Morgan fingerprint density at radius 1 is 1.02 bits per heavy atom. The van der Waals surface area contributed by atoms with Crippen LogP contribution < -0.4 is 20.5 Å². The third kappa shape index (κ3) is 8.44. The first-order valence-electron chi connectivity index (χ1n) is 13.2. The SMILES string of the molecule is CS(=O)(=O)c1cccc(-c2cc(OCCC(F)(F)F)cc(C(=O)NC3CCC(Oc4ncccc4C(N)=O)CC3)c2)c1. The number of carbonyl (C=O) groups is 2. The molecular weight excluding hydrogens is 575 g/mol. The molecule has 1 saturated carbocycles. The molecule has 0 aliphatic heterocycles. The van der Waals surface area contributed by atoms with Crippen molar-refractivity contribution in [1.82, 2.24) is 10.3 Å². The Labute approximate surface area is 241 Å². The monoisotopic (exact) mass is 605 g/mol. The molecule has 9 nitrogen and oxygen atoms in total. The number of carbonyl (C=O) groups excluding carboxylic acids is 2. The fourth-order valence-electron chi connectivity index (χ4n) is 4.59. The quantitative estimate of drug-likeness (QED) is 0.342. The number of amides is 2. The number of nitrogens with two attached hydrogens (primary N) is 1. The molecule has 0 atom stereocenters. The van der Waals surface area contributed by atoms with Gasteiger partial charge in [0, 0.05) is 24.1 Å². The van der Waals surface area contributed by atoms with Crippen molar-refractivity contribution in [3.63, 3.8) is 0 Å². The summed E-state index contributed by atoms with van der Waals surface area (Å²) in [5.41, 5.74) is 6.59. The largest absolute Gasteiger partial charge is 0.493 e. The number of pyridine rings is 1. The Hall–Kier alpha value is -4.13. The third-order valence-corrected chi connectivity index (χ3v) is 7.85. The molecule has 0 saturated heterocycles. The van der Waals surface area contributed by atoms with Crippen LogP contribution >= 0.6 is 0 Å². The Kier molecular flexibility index (Phi) is 9.40. The molecule has 0 spiro atoms. The first-order chi connectivity index (χ1) is 19.8. The second-order valence-electron chi connectivity index (χ2n) is 10.0. The van der Waals surface area contributed by atoms with E-state index in [-0.39, 0.29) is 39.8 Å². The molecule has 224 valence electrons. The zero-order valence-electron chi connectivity index (χ0n) is 22.7. The van der Waals surface area contributed by atoms with Crippen molar-refractivity contribution in [3.05, 3.63) is 71.9 Å². The van der Waals surface area contributed by atoms with Gasteiger partial charge in [-0.25, -0.2) is 13.4 Å². The molecule has 3 N–H and O–H groups in total. The molecule has 1 fully saturated rings. The fourth-order valence-corrected chi connectivity index (χ4v) is 5.26. The Bertz CT molecular complexity index is 1550. The van der Waals surface area contributed by atoms with Gasteiger partial charge in [-0.15, -0.1) is 0 Å². The van der Waals surface area contributed by atoms with Crippen LogP contribution in [0, 0.1) is 0 Å². The number of ether oxygens (including phenoxy) is 2. The van der Waals surface area contributed by atoms with Crippen LogP contribution in [-0.4, -0.2) is 56.4 Å². The summed E-state index contributed by atoms with van der Waals surface area (Å²) in [7, 11) is -3.52. The molecular formula is C29H30F3N3O6S. The molecule has 1 heterocycles. The second-order valence-corrected chi connectivity index (χ2v) is 12.1. The highest BCUT2D eigenvalue weighted by Gasteiger charge is 2.28. The molecule has 42 heavy (non-hydrogen) atoms. The number of primary amides is 1. The highest BCUT2D eigenvalue weighted by molar-refractivity contribution is 7.90. The van der Waals surface area contributed by atoms with Gasteiger partial charge >= 0.3 is 6.18 Å². The average molecular weight is 606 g/mol. The van der Waals surface area contributed by atoms with Crippen LogP contribution in [0.2, 0.25) is 0 Å². The maximum absolute atomic E-state index is 13.3. The van der Waals surface area contributed by atoms with Gasteiger partial charge < -0.3 is 20.5 Å². The molecule has 13 heteroatoms. The maximum atomic E-state index is 13.3. The van der Waals surface area contributed by atoms with E-state index in [0.717, 1.165) is 6.26 Å². The first-order valence-corrected chi connectivity index (χ1v) is 15.0. The van der Waals surface area contributed by atoms with E-state index in [9.17, 15) is 31.2 Å². The van der Waals surface area contributed by atoms with Crippen molar-refractivity contribution in [2.45, 2.75) is 55.3 Å². The number of nitrogens with one attached hydrogen (secondary N) is 1. The maximum Gasteiger partial charge on any atom is 0.392 e. The Balaban J connectivity index is 1.48. The summed E-state index contributed by atoms with van der Waals surface area (Å²) in [6.07, 6.45) is -0.969. The number of benzene rings is 2. The number of halogens is 3. The van der Waals surface area contributed by atoms with Crippen LogP contribution in [0.5, 0.6) is 11.6 Å². The highest BCUT2D eigenvalue weighted by atomic mass is 32.2. The van der Waals surface area contributed by atoms with Crippen molar-refractivity contribution < 1.29 is 40.7 Å². The zero-order valence-corrected chi connectivity index (χ0v) is 23.5. The Morgan fingerprint density at radius 3 is 2.43 bits per heavy atom. The number of hydrogen-bond acceptors (Lipinski definition) is 7. The van der Waals surface area contributed by atoms with Crippen molar-refractivity contribution in [1.29, 1.82) is 0 Å². The minimum absolute atomic E-state index is 0.0457. The molecule has 1 aromatic heterocycles. The minimum Gasteiger partial charge on any atom is -0.493 e. The number of nitrogens with zero attached hydrogens (tertiary/aromatic N) is 1. The van der Waals surface area contributed by atoms with Crippen molar-refractivity contribution >= 4 is 21.7 Å². The van der Waals surface area contributed by atoms with E-state index in [0.29, 0.717) is 36.8 Å². The molecule has 4 rings (SSSR count). The van der Waals surface area contributed by atoms with Gasteiger partial charge in [0.2, 0.25) is 5.88 Å². The third-order valence-electron chi connectivity index (χ3n) is 6.74. The summed E-state index contributed by atoms with van der Waals surface area (Å²) in [6, 6.07) is 13.3. The van der Waals surface area contributed by atoms with Gasteiger partial charge in [0.15, 0.2) is 9.84 Å². The molecule has 0 bridgehead atoms. The normalized spacial score (nSPS) is 17.3. The summed E-state index contributed by atoms with van der Waals surface area (Å²) in [5.74, 6) is -0.898. The lowest BCUT2D eigenvalue weighted by Crippen LogP contribution is -2.39. The summed E-state index contributed by atoms with van der Waals surface area (Å²) in [6.45, 7) is -0.644. The fraction of sp³-hybridized carbons (Fsp3) is 0.345. The number of aromatic nitrogens is 1. The van der Waals surface area contributed by atoms with Gasteiger partial charge in [-0.2, -0.15) is 13.2 Å². The predicted octanol–water partition coefficient (Wildman–Crippen LogP) is 4.70. The van der Waals surface area contributed by atoms with Crippen LogP contribution in [0.1, 0.15) is 52.8 Å². The van der Waals surface area contributed by atoms with Gasteiger partial charge in [-0.05, 0) is 79.3 Å². The second kappa shape index (κ2) is 12.8. The van der Waals surface area contributed by atoms with Crippen LogP contribution in [0.25, 0.3) is 11.1 Å². The van der Waals surface area contributed by atoms with E-state index in [1.54, 1.807) is 18.2 Å². The van der Waals surface area contributed by atoms with E-state index in [2.05, 4.69) is 10.3 Å². The standard InChI is InChI=1S/C29H30F3N3O6S/c1-42(38,39)24-5-2-4-18(17-24)19-14-20(16-23(15-19)40-13-11-29(30,31)32)27(37)35-21-7-9-22(10-8-21)41-28-25(26(33)36)6-3-12-34-28/h2-6,12,14-17,21-22H,7-11,13H2,1H3,(H2,33,36)(H,35,37). The van der Waals surface area contributed by atoms with E-state index in [4.69, 9.17) is 15.2 Å². The van der Waals surface area contributed by atoms with Gasteiger partial charge in [0.1, 0.15) is 17.4 Å². The van der Waals surface area contributed by atoms with E-state index in [1.807, 2.05) is 0 Å². The van der Waals surface area contributed by atoms with E-state index < -0.39 is 40.9 Å². The lowest BCUT2D eigenvalue weighted by atomic mass is 9.92. The van der Waals surface area contributed by atoms with Crippen LogP contribution in [-0.2, 0) is 9.84 Å². The predicted molar refractivity (Wildman–Crippen MR) is 148 cm³/mol. The summed E-state index contributed by atoms with van der Waals surface area (Å²) >= 11 is 0. The van der Waals surface area contributed by atoms with Crippen LogP contribution in [0.15, 0.2) is 65.7 Å². The number of alkyl halides is 3. The highest BCUT2D eigenvalue weighted by Crippen LogP contribution is 2.30. The summed E-state index contributed by atoms with van der Waals surface area (Å²) < 4.78 is 73.5. The smallest absolute Gasteiger partial charge is 0.392 e. The first kappa shape index (κ1) is 30.8. The lowest BCUT2D eigenvalue weighted by molar-refractivity contribution is -0.139. The van der Waals surface area contributed by atoms with Crippen LogP contribution in [0.4, 0.5) is 13.2 Å². The summed E-state index contributed by atoms with van der Waals surface area (Å²) in [4.78, 5) is 29.1. The molecule has 3 aromatic rings. The zero-order chi connectivity index (χ0) is 30.5. The van der Waals surface area contributed by atoms with Gasteiger partial charge in [-0.1, -0.05) is 12.1 Å². The Morgan fingerprint density at radius 2 is 1.76 bits per heavy atom. The van der Waals surface area contributed by atoms with E-state index >= 15 is 0 Å². The van der Waals surface area contributed by atoms with Crippen molar-refractivity contribution in [3.8, 4) is 22.8 Å². The summed E-state index contributed by atoms with van der Waals surface area (Å²) in [5, 5.41) is 2.96. The van der Waals surface area contributed by atoms with Gasteiger partial charge in [0.05, 0.1) is 17.9 Å². The molecule has 2 amide bonds. The number of sulfone groups is 1. The van der Waals surface area contributed by atoms with Crippen molar-refractivity contribution in [2.24, 2.45) is 5.73 Å². The molecule has 1 aliphatic carbocycles. The van der Waals surface area contributed by atoms with Crippen molar-refractivity contribution in [2.75, 3.05) is 12.9 Å². The van der Waals surface area contributed by atoms with Gasteiger partial charge in [0.25, 0.3) is 11.8 Å². The van der Waals surface area contributed by atoms with E-state index in [1.165, 1.54) is 42.6 Å². The van der Waals surface area contributed by atoms with Gasteiger partial charge in [-0.3, -0.25) is 9.59 Å². The molecule has 2 aromatic carbocycles. The van der Waals surface area contributed by atoms with Crippen LogP contribution in [0.3, 0.4) is 0 Å².